The summed E-state index contributed by atoms with van der Waals surface area (Å²) in [5.41, 5.74) is 2.34. The molecule has 2 N–H and O–H groups in total. The Morgan fingerprint density at radius 3 is 3.25 bits per heavy atom. The van der Waals surface area contributed by atoms with Crippen molar-refractivity contribution in [2.75, 3.05) is 19.8 Å². The number of benzene rings is 1. The molecular weight excluding hydrogens is 202 g/mol. The van der Waals surface area contributed by atoms with Crippen molar-refractivity contribution in [1.82, 2.24) is 15.5 Å². The molecule has 0 aliphatic heterocycles. The Kier molecular flexibility index (Phi) is 3.91. The topological polar surface area (TPSA) is 49.9 Å². The Morgan fingerprint density at radius 2 is 2.38 bits per heavy atom. The standard InChI is InChI=1S/C12H17N3O/c1-2-16-6-5-13-8-10-3-4-11-9-14-15-12(11)7-10/h3-4,7,9,13H,2,5-6,8H2,1H3,(H,14,15). The molecule has 0 fully saturated rings. The molecule has 0 radical (unpaired) electrons. The lowest BCUT2D eigenvalue weighted by molar-refractivity contribution is 0.149. The van der Waals surface area contributed by atoms with E-state index in [1.807, 2.05) is 13.1 Å². The monoisotopic (exact) mass is 219 g/mol. The summed E-state index contributed by atoms with van der Waals surface area (Å²) in [6, 6.07) is 6.32. The minimum Gasteiger partial charge on any atom is -0.380 e. The third kappa shape index (κ3) is 2.81. The Morgan fingerprint density at radius 1 is 1.44 bits per heavy atom. The fourth-order valence-electron chi connectivity index (χ4n) is 1.62. The van der Waals surface area contributed by atoms with Crippen molar-refractivity contribution in [1.29, 1.82) is 0 Å². The van der Waals surface area contributed by atoms with Gasteiger partial charge in [-0.3, -0.25) is 5.10 Å². The maximum absolute atomic E-state index is 5.25. The Bertz CT molecular complexity index is 439. The molecule has 0 atom stereocenters. The number of hydrogen-bond donors (Lipinski definition) is 2. The van der Waals surface area contributed by atoms with Gasteiger partial charge in [-0.15, -0.1) is 0 Å². The van der Waals surface area contributed by atoms with Gasteiger partial charge in [0.05, 0.1) is 18.3 Å². The SMILES string of the molecule is CCOCCNCc1ccc2cn[nH]c2c1. The molecule has 1 aromatic carbocycles. The van der Waals surface area contributed by atoms with Crippen molar-refractivity contribution >= 4 is 10.9 Å². The number of nitrogens with zero attached hydrogens (tertiary/aromatic N) is 1. The van der Waals surface area contributed by atoms with Gasteiger partial charge in [0.1, 0.15) is 0 Å². The largest absolute Gasteiger partial charge is 0.380 e. The molecule has 0 aliphatic carbocycles. The third-order valence-corrected chi connectivity index (χ3v) is 2.46. The number of ether oxygens (including phenoxy) is 1. The van der Waals surface area contributed by atoms with Crippen LogP contribution in [0.1, 0.15) is 12.5 Å². The summed E-state index contributed by atoms with van der Waals surface area (Å²) in [6.07, 6.45) is 1.83. The van der Waals surface area contributed by atoms with Crippen LogP contribution in [0.2, 0.25) is 0 Å². The van der Waals surface area contributed by atoms with E-state index >= 15 is 0 Å². The average molecular weight is 219 g/mol. The zero-order chi connectivity index (χ0) is 11.2. The van der Waals surface area contributed by atoms with Crippen LogP contribution in [-0.4, -0.2) is 30.0 Å². The highest BCUT2D eigenvalue weighted by atomic mass is 16.5. The van der Waals surface area contributed by atoms with Crippen LogP contribution in [-0.2, 0) is 11.3 Å². The van der Waals surface area contributed by atoms with Crippen LogP contribution >= 0.6 is 0 Å². The molecule has 0 amide bonds. The van der Waals surface area contributed by atoms with E-state index < -0.39 is 0 Å². The molecule has 4 nitrogen and oxygen atoms in total. The Labute approximate surface area is 95.0 Å². The summed E-state index contributed by atoms with van der Waals surface area (Å²) in [6.45, 7) is 5.30. The Balaban J connectivity index is 1.84. The highest BCUT2D eigenvalue weighted by Crippen LogP contribution is 2.12. The van der Waals surface area contributed by atoms with E-state index in [0.29, 0.717) is 0 Å². The minimum atomic E-state index is 0.767. The van der Waals surface area contributed by atoms with Gasteiger partial charge in [0.25, 0.3) is 0 Å². The molecule has 16 heavy (non-hydrogen) atoms. The lowest BCUT2D eigenvalue weighted by Crippen LogP contribution is -2.19. The average Bonchev–Trinajstić information content (AvgIpc) is 2.76. The molecule has 4 heteroatoms. The van der Waals surface area contributed by atoms with E-state index in [2.05, 4.69) is 33.7 Å². The van der Waals surface area contributed by atoms with Crippen LogP contribution in [0.5, 0.6) is 0 Å². The molecule has 0 saturated heterocycles. The lowest BCUT2D eigenvalue weighted by Gasteiger charge is -2.05. The zero-order valence-electron chi connectivity index (χ0n) is 9.49. The lowest BCUT2D eigenvalue weighted by atomic mass is 10.2. The molecule has 86 valence electrons. The van der Waals surface area contributed by atoms with E-state index in [4.69, 9.17) is 4.74 Å². The van der Waals surface area contributed by atoms with Gasteiger partial charge in [-0.2, -0.15) is 5.10 Å². The second-order valence-corrected chi connectivity index (χ2v) is 3.67. The predicted octanol–water partition coefficient (Wildman–Crippen LogP) is 1.69. The van der Waals surface area contributed by atoms with Crippen LogP contribution in [0.25, 0.3) is 10.9 Å². The second kappa shape index (κ2) is 5.63. The van der Waals surface area contributed by atoms with E-state index in [9.17, 15) is 0 Å². The molecule has 0 bridgehead atoms. The fourth-order valence-corrected chi connectivity index (χ4v) is 1.62. The van der Waals surface area contributed by atoms with Gasteiger partial charge in [-0.25, -0.2) is 0 Å². The first-order valence-corrected chi connectivity index (χ1v) is 5.60. The van der Waals surface area contributed by atoms with Gasteiger partial charge < -0.3 is 10.1 Å². The van der Waals surface area contributed by atoms with Crippen molar-refractivity contribution in [2.24, 2.45) is 0 Å². The molecular formula is C12H17N3O. The van der Waals surface area contributed by atoms with Gasteiger partial charge >= 0.3 is 0 Å². The van der Waals surface area contributed by atoms with Gasteiger partial charge in [-0.05, 0) is 18.6 Å². The molecule has 0 saturated carbocycles. The quantitative estimate of drug-likeness (QED) is 0.727. The normalized spacial score (nSPS) is 11.1. The van der Waals surface area contributed by atoms with Crippen molar-refractivity contribution in [3.05, 3.63) is 30.0 Å². The van der Waals surface area contributed by atoms with E-state index in [1.165, 1.54) is 5.56 Å². The number of aromatic amines is 1. The number of aromatic nitrogens is 2. The van der Waals surface area contributed by atoms with Crippen molar-refractivity contribution in [3.63, 3.8) is 0 Å². The molecule has 2 rings (SSSR count). The van der Waals surface area contributed by atoms with Crippen molar-refractivity contribution in [2.45, 2.75) is 13.5 Å². The first-order valence-electron chi connectivity index (χ1n) is 5.60. The number of hydrogen-bond acceptors (Lipinski definition) is 3. The highest BCUT2D eigenvalue weighted by molar-refractivity contribution is 5.78. The van der Waals surface area contributed by atoms with E-state index in [1.54, 1.807) is 0 Å². The number of nitrogens with one attached hydrogen (secondary N) is 2. The van der Waals surface area contributed by atoms with Crippen molar-refractivity contribution < 1.29 is 4.74 Å². The number of H-pyrrole nitrogens is 1. The van der Waals surface area contributed by atoms with Gasteiger partial charge in [-0.1, -0.05) is 12.1 Å². The second-order valence-electron chi connectivity index (χ2n) is 3.67. The molecule has 0 spiro atoms. The molecule has 0 unspecified atom stereocenters. The molecule has 1 aromatic heterocycles. The first-order chi connectivity index (χ1) is 7.90. The number of rotatable bonds is 6. The van der Waals surface area contributed by atoms with E-state index in [0.717, 1.165) is 37.2 Å². The third-order valence-electron chi connectivity index (χ3n) is 2.46. The number of fused-ring (bicyclic) bond motifs is 1. The van der Waals surface area contributed by atoms with E-state index in [-0.39, 0.29) is 0 Å². The molecule has 2 aromatic rings. The first kappa shape index (κ1) is 11.1. The molecule has 0 aliphatic rings. The smallest absolute Gasteiger partial charge is 0.0653 e. The van der Waals surface area contributed by atoms with Gasteiger partial charge in [0, 0.05) is 25.1 Å². The van der Waals surface area contributed by atoms with Crippen LogP contribution < -0.4 is 5.32 Å². The summed E-state index contributed by atoms with van der Waals surface area (Å²) >= 11 is 0. The maximum atomic E-state index is 5.25. The highest BCUT2D eigenvalue weighted by Gasteiger charge is 1.97. The zero-order valence-corrected chi connectivity index (χ0v) is 9.49. The minimum absolute atomic E-state index is 0.767. The summed E-state index contributed by atoms with van der Waals surface area (Å²) < 4.78 is 5.25. The van der Waals surface area contributed by atoms with Crippen LogP contribution in [0.3, 0.4) is 0 Å². The summed E-state index contributed by atoms with van der Waals surface area (Å²) in [5, 5.41) is 11.5. The summed E-state index contributed by atoms with van der Waals surface area (Å²) in [4.78, 5) is 0. The van der Waals surface area contributed by atoms with Crippen LogP contribution in [0.15, 0.2) is 24.4 Å². The van der Waals surface area contributed by atoms with Gasteiger partial charge in [0.15, 0.2) is 0 Å². The predicted molar refractivity (Wildman–Crippen MR) is 64.3 cm³/mol. The summed E-state index contributed by atoms with van der Waals surface area (Å²) in [5.74, 6) is 0. The maximum Gasteiger partial charge on any atom is 0.0653 e. The van der Waals surface area contributed by atoms with Crippen LogP contribution in [0.4, 0.5) is 0 Å². The molecule has 1 heterocycles. The summed E-state index contributed by atoms with van der Waals surface area (Å²) in [7, 11) is 0. The van der Waals surface area contributed by atoms with Gasteiger partial charge in [0.2, 0.25) is 0 Å². The van der Waals surface area contributed by atoms with Crippen LogP contribution in [0, 0.1) is 0 Å². The Hall–Kier alpha value is -1.39. The van der Waals surface area contributed by atoms with Crippen molar-refractivity contribution in [3.8, 4) is 0 Å². The fraction of sp³-hybridized carbons (Fsp3) is 0.417.